The molecular weight excluding hydrogens is 240 g/mol. The highest BCUT2D eigenvalue weighted by Gasteiger charge is 2.02. The summed E-state index contributed by atoms with van der Waals surface area (Å²) in [5, 5.41) is 8.62. The van der Waals surface area contributed by atoms with Crippen LogP contribution in [0.3, 0.4) is 0 Å². The molecule has 0 unspecified atom stereocenters. The Hall–Kier alpha value is -0.570. The van der Waals surface area contributed by atoms with E-state index in [4.69, 9.17) is 9.84 Å². The third-order valence-electron chi connectivity index (χ3n) is 3.30. The maximum Gasteiger partial charge on any atom is 0.305 e. The Morgan fingerprint density at radius 2 is 1.42 bits per heavy atom. The van der Waals surface area contributed by atoms with Gasteiger partial charge in [0.2, 0.25) is 0 Å². The molecule has 0 amide bonds. The Kier molecular flexibility index (Phi) is 15.0. The van der Waals surface area contributed by atoms with Gasteiger partial charge in [-0.25, -0.2) is 0 Å². The summed E-state index contributed by atoms with van der Waals surface area (Å²) in [4.78, 5) is 11.4. The van der Waals surface area contributed by atoms with Gasteiger partial charge in [-0.2, -0.15) is 0 Å². The van der Waals surface area contributed by atoms with Crippen molar-refractivity contribution in [3.05, 3.63) is 0 Å². The second kappa shape index (κ2) is 15.5. The molecule has 0 saturated heterocycles. The maximum atomic E-state index is 11.4. The number of esters is 1. The molecule has 3 heteroatoms. The minimum atomic E-state index is -0.0363. The summed E-state index contributed by atoms with van der Waals surface area (Å²) in [5.74, 6) is -0.0363. The molecule has 0 aromatic heterocycles. The fraction of sp³-hybridized carbons (Fsp3) is 0.938. The third kappa shape index (κ3) is 15.4. The fourth-order valence-electron chi connectivity index (χ4n) is 2.05. The number of carbonyl (C=O) groups is 1. The van der Waals surface area contributed by atoms with Crippen LogP contribution in [-0.2, 0) is 9.53 Å². The highest BCUT2D eigenvalue weighted by atomic mass is 16.5. The van der Waals surface area contributed by atoms with Crippen LogP contribution in [0.4, 0.5) is 0 Å². The quantitative estimate of drug-likeness (QED) is 0.380. The van der Waals surface area contributed by atoms with Gasteiger partial charge < -0.3 is 9.84 Å². The number of aliphatic hydroxyl groups is 1. The van der Waals surface area contributed by atoms with E-state index in [2.05, 4.69) is 6.92 Å². The predicted octanol–water partition coefficient (Wildman–Crippen LogP) is 4.22. The molecule has 0 fully saturated rings. The zero-order chi connectivity index (χ0) is 14.2. The highest BCUT2D eigenvalue weighted by molar-refractivity contribution is 5.69. The van der Waals surface area contributed by atoms with Crippen LogP contribution in [0.15, 0.2) is 0 Å². The summed E-state index contributed by atoms with van der Waals surface area (Å²) in [6, 6.07) is 0. The molecule has 0 aliphatic heterocycles. The largest absolute Gasteiger partial charge is 0.466 e. The minimum absolute atomic E-state index is 0.0363. The molecule has 0 atom stereocenters. The first kappa shape index (κ1) is 18.4. The van der Waals surface area contributed by atoms with Gasteiger partial charge in [-0.1, -0.05) is 58.3 Å². The maximum absolute atomic E-state index is 11.4. The van der Waals surface area contributed by atoms with Gasteiger partial charge in [0.05, 0.1) is 6.61 Å². The number of aliphatic hydroxyl groups excluding tert-OH is 1. The first-order valence-corrected chi connectivity index (χ1v) is 8.07. The number of ether oxygens (including phenoxy) is 1. The van der Waals surface area contributed by atoms with Gasteiger partial charge in [0, 0.05) is 13.0 Å². The van der Waals surface area contributed by atoms with Crippen molar-refractivity contribution < 1.29 is 14.6 Å². The summed E-state index contributed by atoms with van der Waals surface area (Å²) in [5.41, 5.74) is 0. The number of carbonyl (C=O) groups excluding carboxylic acids is 1. The molecule has 0 aliphatic rings. The molecule has 0 aromatic rings. The lowest BCUT2D eigenvalue weighted by Crippen LogP contribution is -2.05. The van der Waals surface area contributed by atoms with Crippen LogP contribution in [0.5, 0.6) is 0 Å². The van der Waals surface area contributed by atoms with Crippen LogP contribution in [0.2, 0.25) is 0 Å². The van der Waals surface area contributed by atoms with E-state index in [1.54, 1.807) is 0 Å². The van der Waals surface area contributed by atoms with Crippen LogP contribution < -0.4 is 0 Å². The fourth-order valence-corrected chi connectivity index (χ4v) is 2.05. The Labute approximate surface area is 118 Å². The molecule has 0 aromatic carbocycles. The summed E-state index contributed by atoms with van der Waals surface area (Å²) >= 11 is 0. The van der Waals surface area contributed by atoms with E-state index < -0.39 is 0 Å². The molecule has 3 nitrogen and oxygen atoms in total. The van der Waals surface area contributed by atoms with Crippen LogP contribution in [-0.4, -0.2) is 24.3 Å². The van der Waals surface area contributed by atoms with Crippen molar-refractivity contribution in [1.29, 1.82) is 0 Å². The van der Waals surface area contributed by atoms with Gasteiger partial charge >= 0.3 is 5.97 Å². The second-order valence-corrected chi connectivity index (χ2v) is 5.23. The van der Waals surface area contributed by atoms with E-state index in [9.17, 15) is 4.79 Å². The molecule has 1 N–H and O–H groups in total. The predicted molar refractivity (Wildman–Crippen MR) is 79.1 cm³/mol. The van der Waals surface area contributed by atoms with E-state index in [0.29, 0.717) is 13.0 Å². The van der Waals surface area contributed by atoms with Gasteiger partial charge in [0.25, 0.3) is 0 Å². The highest BCUT2D eigenvalue weighted by Crippen LogP contribution is 2.08. The molecular formula is C16H32O3. The van der Waals surface area contributed by atoms with Crippen molar-refractivity contribution in [2.24, 2.45) is 0 Å². The first-order chi connectivity index (χ1) is 9.31. The lowest BCUT2D eigenvalue weighted by Gasteiger charge is -2.05. The molecule has 0 bridgehead atoms. The van der Waals surface area contributed by atoms with E-state index in [0.717, 1.165) is 44.9 Å². The van der Waals surface area contributed by atoms with Gasteiger partial charge in [0.15, 0.2) is 0 Å². The van der Waals surface area contributed by atoms with Crippen molar-refractivity contribution in [3.8, 4) is 0 Å². The van der Waals surface area contributed by atoms with Crippen LogP contribution >= 0.6 is 0 Å². The lowest BCUT2D eigenvalue weighted by atomic mass is 10.1. The molecule has 0 rings (SSSR count). The molecule has 0 radical (unpaired) electrons. The Balaban J connectivity index is 3.13. The monoisotopic (exact) mass is 272 g/mol. The average Bonchev–Trinajstić information content (AvgIpc) is 2.41. The SMILES string of the molecule is CCCCCCCCC(=O)OCCCCCCCO. The topological polar surface area (TPSA) is 46.5 Å². The number of hydrogen-bond acceptors (Lipinski definition) is 3. The smallest absolute Gasteiger partial charge is 0.305 e. The van der Waals surface area contributed by atoms with E-state index in [1.165, 1.54) is 25.7 Å². The first-order valence-electron chi connectivity index (χ1n) is 8.07. The zero-order valence-corrected chi connectivity index (χ0v) is 12.7. The van der Waals surface area contributed by atoms with Gasteiger partial charge in [-0.05, 0) is 19.3 Å². The third-order valence-corrected chi connectivity index (χ3v) is 3.30. The van der Waals surface area contributed by atoms with E-state index >= 15 is 0 Å². The second-order valence-electron chi connectivity index (χ2n) is 5.23. The van der Waals surface area contributed by atoms with Crippen molar-refractivity contribution >= 4 is 5.97 Å². The van der Waals surface area contributed by atoms with Crippen molar-refractivity contribution in [3.63, 3.8) is 0 Å². The van der Waals surface area contributed by atoms with Gasteiger partial charge in [0.1, 0.15) is 0 Å². The molecule has 0 heterocycles. The normalized spacial score (nSPS) is 10.6. The van der Waals surface area contributed by atoms with Crippen LogP contribution in [0.1, 0.15) is 84.0 Å². The lowest BCUT2D eigenvalue weighted by molar-refractivity contribution is -0.143. The summed E-state index contributed by atoms with van der Waals surface area (Å²) < 4.78 is 5.19. The van der Waals surface area contributed by atoms with Crippen LogP contribution in [0.25, 0.3) is 0 Å². The van der Waals surface area contributed by atoms with Gasteiger partial charge in [-0.3, -0.25) is 4.79 Å². The zero-order valence-electron chi connectivity index (χ0n) is 12.7. The summed E-state index contributed by atoms with van der Waals surface area (Å²) in [6.45, 7) is 3.06. The van der Waals surface area contributed by atoms with E-state index in [-0.39, 0.29) is 12.6 Å². The van der Waals surface area contributed by atoms with Crippen molar-refractivity contribution in [1.82, 2.24) is 0 Å². The standard InChI is InChI=1S/C16H32O3/c1-2-3-4-5-7-10-13-16(18)19-15-12-9-6-8-11-14-17/h17H,2-15H2,1H3. The van der Waals surface area contributed by atoms with Gasteiger partial charge in [-0.15, -0.1) is 0 Å². The van der Waals surface area contributed by atoms with Crippen molar-refractivity contribution in [2.75, 3.05) is 13.2 Å². The number of hydrogen-bond donors (Lipinski definition) is 1. The Bertz CT molecular complexity index is 192. The molecule has 0 aliphatic carbocycles. The summed E-state index contributed by atoms with van der Waals surface area (Å²) in [6.07, 6.45) is 12.9. The molecule has 114 valence electrons. The Morgan fingerprint density at radius 1 is 0.842 bits per heavy atom. The molecule has 19 heavy (non-hydrogen) atoms. The molecule has 0 spiro atoms. The van der Waals surface area contributed by atoms with Crippen molar-refractivity contribution in [2.45, 2.75) is 84.0 Å². The molecule has 0 saturated carbocycles. The number of rotatable bonds is 14. The number of unbranched alkanes of at least 4 members (excludes halogenated alkanes) is 9. The summed E-state index contributed by atoms with van der Waals surface area (Å²) in [7, 11) is 0. The van der Waals surface area contributed by atoms with Crippen LogP contribution in [0, 0.1) is 0 Å². The average molecular weight is 272 g/mol. The minimum Gasteiger partial charge on any atom is -0.466 e. The van der Waals surface area contributed by atoms with E-state index in [1.807, 2.05) is 0 Å². The Morgan fingerprint density at radius 3 is 2.11 bits per heavy atom.